The lowest BCUT2D eigenvalue weighted by atomic mass is 10.2. The molecule has 0 spiro atoms. The van der Waals surface area contributed by atoms with Gasteiger partial charge in [-0.25, -0.2) is 9.78 Å². The van der Waals surface area contributed by atoms with Crippen molar-refractivity contribution in [3.63, 3.8) is 0 Å². The van der Waals surface area contributed by atoms with Crippen molar-refractivity contribution in [3.8, 4) is 0 Å². The topological polar surface area (TPSA) is 103 Å². The van der Waals surface area contributed by atoms with Crippen LogP contribution < -0.4 is 0 Å². The number of nitro benzene ring substituents is 1. The summed E-state index contributed by atoms with van der Waals surface area (Å²) in [6, 6.07) is 4.04. The zero-order valence-corrected chi connectivity index (χ0v) is 18.5. The standard InChI is InChI=1S/C19H23N3O5S2/c1-11(2)21(12(3)4)17(23)9-27-18(24)14-6-7-16(15(8-14)22(25)26)29-19-20-13(5)10-28-19/h6-8,10-12H,9H2,1-5H3. The van der Waals surface area contributed by atoms with E-state index in [-0.39, 0.29) is 29.2 Å². The van der Waals surface area contributed by atoms with Gasteiger partial charge in [0.1, 0.15) is 0 Å². The first kappa shape index (κ1) is 22.8. The monoisotopic (exact) mass is 437 g/mol. The third kappa shape index (κ3) is 6.01. The molecule has 0 atom stereocenters. The Hall–Kier alpha value is -2.46. The summed E-state index contributed by atoms with van der Waals surface area (Å²) >= 11 is 2.55. The maximum absolute atomic E-state index is 12.3. The van der Waals surface area contributed by atoms with Gasteiger partial charge >= 0.3 is 5.97 Å². The fraction of sp³-hybridized carbons (Fsp3) is 0.421. The van der Waals surface area contributed by atoms with E-state index in [0.29, 0.717) is 9.24 Å². The van der Waals surface area contributed by atoms with Gasteiger partial charge < -0.3 is 9.64 Å². The van der Waals surface area contributed by atoms with E-state index in [2.05, 4.69) is 4.98 Å². The summed E-state index contributed by atoms with van der Waals surface area (Å²) in [6.07, 6.45) is 0. The van der Waals surface area contributed by atoms with E-state index in [9.17, 15) is 19.7 Å². The molecular formula is C19H23N3O5S2. The Kier molecular flexibility index (Phi) is 7.74. The Labute approximate surface area is 177 Å². The smallest absolute Gasteiger partial charge is 0.338 e. The molecule has 0 saturated carbocycles. The van der Waals surface area contributed by atoms with Gasteiger partial charge in [-0.2, -0.15) is 0 Å². The van der Waals surface area contributed by atoms with Gasteiger partial charge in [-0.1, -0.05) is 11.8 Å². The minimum Gasteiger partial charge on any atom is -0.452 e. The number of benzene rings is 1. The summed E-state index contributed by atoms with van der Waals surface area (Å²) in [5.74, 6) is -1.10. The van der Waals surface area contributed by atoms with Crippen molar-refractivity contribution in [1.82, 2.24) is 9.88 Å². The van der Waals surface area contributed by atoms with E-state index in [4.69, 9.17) is 4.74 Å². The van der Waals surface area contributed by atoms with Crippen LogP contribution in [0.5, 0.6) is 0 Å². The zero-order chi connectivity index (χ0) is 21.7. The Balaban J connectivity index is 2.13. The second-order valence-corrected chi connectivity index (χ2v) is 9.01. The maximum Gasteiger partial charge on any atom is 0.338 e. The third-order valence-corrected chi connectivity index (χ3v) is 6.04. The number of thiazole rings is 1. The van der Waals surface area contributed by atoms with Crippen molar-refractivity contribution < 1.29 is 19.2 Å². The first-order valence-corrected chi connectivity index (χ1v) is 10.7. The van der Waals surface area contributed by atoms with E-state index in [1.165, 1.54) is 35.2 Å². The number of ether oxygens (including phenoxy) is 1. The van der Waals surface area contributed by atoms with Gasteiger partial charge in [0.2, 0.25) is 0 Å². The zero-order valence-electron chi connectivity index (χ0n) is 16.9. The number of rotatable bonds is 8. The highest BCUT2D eigenvalue weighted by Gasteiger charge is 2.23. The van der Waals surface area contributed by atoms with Crippen LogP contribution in [0.1, 0.15) is 43.7 Å². The lowest BCUT2D eigenvalue weighted by molar-refractivity contribution is -0.387. The molecule has 10 heteroatoms. The number of hydrogen-bond donors (Lipinski definition) is 0. The molecule has 1 aromatic heterocycles. The van der Waals surface area contributed by atoms with Crippen molar-refractivity contribution >= 4 is 40.7 Å². The molecule has 0 aliphatic carbocycles. The summed E-state index contributed by atoms with van der Waals surface area (Å²) in [5, 5.41) is 13.3. The Morgan fingerprint density at radius 2 is 1.93 bits per heavy atom. The second kappa shape index (κ2) is 9.84. The molecule has 0 unspecified atom stereocenters. The summed E-state index contributed by atoms with van der Waals surface area (Å²) < 4.78 is 5.77. The van der Waals surface area contributed by atoms with Gasteiger partial charge in [-0.15, -0.1) is 11.3 Å². The van der Waals surface area contributed by atoms with Gasteiger partial charge in [0.15, 0.2) is 10.9 Å². The van der Waals surface area contributed by atoms with Gasteiger partial charge in [0.05, 0.1) is 15.4 Å². The molecule has 156 valence electrons. The van der Waals surface area contributed by atoms with Crippen molar-refractivity contribution in [2.75, 3.05) is 6.61 Å². The number of hydrogen-bond acceptors (Lipinski definition) is 8. The van der Waals surface area contributed by atoms with Crippen LogP contribution >= 0.6 is 23.1 Å². The average molecular weight is 438 g/mol. The molecular weight excluding hydrogens is 414 g/mol. The van der Waals surface area contributed by atoms with E-state index in [0.717, 1.165) is 11.8 Å². The van der Waals surface area contributed by atoms with Crippen LogP contribution in [0.3, 0.4) is 0 Å². The van der Waals surface area contributed by atoms with Gasteiger partial charge in [-0.05, 0) is 46.8 Å². The van der Waals surface area contributed by atoms with Crippen LogP contribution in [0, 0.1) is 17.0 Å². The van der Waals surface area contributed by atoms with E-state index >= 15 is 0 Å². The van der Waals surface area contributed by atoms with Crippen LogP contribution in [-0.4, -0.2) is 45.4 Å². The van der Waals surface area contributed by atoms with Crippen LogP contribution in [-0.2, 0) is 9.53 Å². The Morgan fingerprint density at radius 3 is 2.45 bits per heavy atom. The predicted octanol–water partition coefficient (Wildman–Crippen LogP) is 4.31. The quantitative estimate of drug-likeness (QED) is 0.344. The normalized spacial score (nSPS) is 11.0. The summed E-state index contributed by atoms with van der Waals surface area (Å²) in [6.45, 7) is 8.94. The number of nitrogens with zero attached hydrogens (tertiary/aromatic N) is 3. The molecule has 0 saturated heterocycles. The molecule has 0 N–H and O–H groups in total. The van der Waals surface area contributed by atoms with Crippen LogP contribution in [0.15, 0.2) is 32.8 Å². The lowest BCUT2D eigenvalue weighted by Gasteiger charge is -2.30. The number of aryl methyl sites for hydroxylation is 1. The molecule has 0 bridgehead atoms. The predicted molar refractivity (Wildman–Crippen MR) is 111 cm³/mol. The molecule has 1 amide bonds. The van der Waals surface area contributed by atoms with E-state index < -0.39 is 17.5 Å². The highest BCUT2D eigenvalue weighted by atomic mass is 32.2. The average Bonchev–Trinajstić information content (AvgIpc) is 3.04. The number of esters is 1. The molecule has 0 aliphatic rings. The van der Waals surface area contributed by atoms with Gasteiger partial charge in [0.25, 0.3) is 11.6 Å². The Bertz CT molecular complexity index is 903. The summed E-state index contributed by atoms with van der Waals surface area (Å²) in [4.78, 5) is 41.8. The molecule has 0 radical (unpaired) electrons. The third-order valence-electron chi connectivity index (χ3n) is 3.91. The van der Waals surface area contributed by atoms with Crippen molar-refractivity contribution in [3.05, 3.63) is 45.0 Å². The maximum atomic E-state index is 12.3. The first-order chi connectivity index (χ1) is 13.6. The molecule has 8 nitrogen and oxygen atoms in total. The van der Waals surface area contributed by atoms with Crippen LogP contribution in [0.2, 0.25) is 0 Å². The SMILES string of the molecule is Cc1csc(Sc2ccc(C(=O)OCC(=O)N(C(C)C)C(C)C)cc2[N+](=O)[O-])n1. The highest BCUT2D eigenvalue weighted by Crippen LogP contribution is 2.36. The van der Waals surface area contributed by atoms with Gasteiger partial charge in [-0.3, -0.25) is 14.9 Å². The fourth-order valence-corrected chi connectivity index (χ4v) is 4.68. The molecule has 2 aromatic rings. The van der Waals surface area contributed by atoms with Crippen molar-refractivity contribution in [2.45, 2.75) is 55.9 Å². The molecule has 0 aliphatic heterocycles. The number of nitro groups is 1. The van der Waals surface area contributed by atoms with E-state index in [1.54, 1.807) is 4.90 Å². The molecule has 29 heavy (non-hydrogen) atoms. The lowest BCUT2D eigenvalue weighted by Crippen LogP contribution is -2.44. The minimum atomic E-state index is -0.782. The van der Waals surface area contributed by atoms with E-state index in [1.807, 2.05) is 40.0 Å². The Morgan fingerprint density at radius 1 is 1.28 bits per heavy atom. The van der Waals surface area contributed by atoms with Crippen molar-refractivity contribution in [1.29, 1.82) is 0 Å². The summed E-state index contributed by atoms with van der Waals surface area (Å²) in [7, 11) is 0. The number of amides is 1. The largest absolute Gasteiger partial charge is 0.452 e. The molecule has 2 rings (SSSR count). The number of carbonyl (C=O) groups excluding carboxylic acids is 2. The minimum absolute atomic E-state index is 0.0183. The van der Waals surface area contributed by atoms with Crippen LogP contribution in [0.4, 0.5) is 5.69 Å². The number of aromatic nitrogens is 1. The fourth-order valence-electron chi connectivity index (χ4n) is 2.80. The molecule has 1 aromatic carbocycles. The van der Waals surface area contributed by atoms with Crippen molar-refractivity contribution in [2.24, 2.45) is 0 Å². The van der Waals surface area contributed by atoms with Crippen LogP contribution in [0.25, 0.3) is 0 Å². The molecule has 0 fully saturated rings. The second-order valence-electron chi connectivity index (χ2n) is 6.86. The van der Waals surface area contributed by atoms with Gasteiger partial charge in [0, 0.05) is 29.2 Å². The number of carbonyl (C=O) groups is 2. The summed E-state index contributed by atoms with van der Waals surface area (Å²) in [5.41, 5.74) is 0.640. The highest BCUT2D eigenvalue weighted by molar-refractivity contribution is 8.01. The first-order valence-electron chi connectivity index (χ1n) is 8.96. The molecule has 1 heterocycles.